The second-order valence-electron chi connectivity index (χ2n) is 5.82. The molecule has 0 unspecified atom stereocenters. The highest BCUT2D eigenvalue weighted by atomic mass is 15.2. The summed E-state index contributed by atoms with van der Waals surface area (Å²) in [7, 11) is 1.91. The molecule has 1 aromatic carbocycles. The van der Waals surface area contributed by atoms with Crippen molar-refractivity contribution < 1.29 is 0 Å². The highest BCUT2D eigenvalue weighted by molar-refractivity contribution is 5.19. The minimum absolute atomic E-state index is 1.08. The summed E-state index contributed by atoms with van der Waals surface area (Å²) in [5.41, 5.74) is 6.17. The van der Waals surface area contributed by atoms with Gasteiger partial charge in [0.05, 0.1) is 6.20 Å². The Morgan fingerprint density at radius 3 is 1.43 bits per heavy atom. The lowest BCUT2D eigenvalue weighted by Crippen LogP contribution is -1.83. The Hall–Kier alpha value is -2.42. The molecule has 0 aliphatic rings. The van der Waals surface area contributed by atoms with Crippen LogP contribution in [0.2, 0.25) is 0 Å². The predicted molar refractivity (Wildman–Crippen MR) is 97.6 cm³/mol. The van der Waals surface area contributed by atoms with Crippen LogP contribution in [0.15, 0.2) is 55.0 Å². The fourth-order valence-corrected chi connectivity index (χ4v) is 1.72. The summed E-state index contributed by atoms with van der Waals surface area (Å²) in [6, 6.07) is 12.5. The van der Waals surface area contributed by atoms with Crippen LogP contribution in [0.3, 0.4) is 0 Å². The molecule has 0 atom stereocenters. The van der Waals surface area contributed by atoms with Gasteiger partial charge >= 0.3 is 0 Å². The zero-order valence-corrected chi connectivity index (χ0v) is 15.0. The van der Waals surface area contributed by atoms with Crippen LogP contribution in [0, 0.1) is 34.6 Å². The van der Waals surface area contributed by atoms with Gasteiger partial charge in [0.25, 0.3) is 0 Å². The highest BCUT2D eigenvalue weighted by Gasteiger charge is 1.82. The summed E-state index contributed by atoms with van der Waals surface area (Å²) in [6.07, 6.45) is 5.68. The van der Waals surface area contributed by atoms with Gasteiger partial charge in [-0.1, -0.05) is 41.5 Å². The monoisotopic (exact) mass is 309 g/mol. The number of aromatic nitrogens is 3. The van der Waals surface area contributed by atoms with Crippen molar-refractivity contribution in [3.8, 4) is 0 Å². The van der Waals surface area contributed by atoms with Gasteiger partial charge in [-0.25, -0.2) is 0 Å². The van der Waals surface area contributed by atoms with Gasteiger partial charge in [-0.3, -0.25) is 9.67 Å². The summed E-state index contributed by atoms with van der Waals surface area (Å²) in [5.74, 6) is 0. The second kappa shape index (κ2) is 9.57. The summed E-state index contributed by atoms with van der Waals surface area (Å²) < 4.78 is 1.79. The Bertz CT molecular complexity index is 578. The molecule has 23 heavy (non-hydrogen) atoms. The molecule has 2 aromatic heterocycles. The Morgan fingerprint density at radius 2 is 1.17 bits per heavy atom. The SMILES string of the molecule is Cc1ccc(C)cc1.Cc1ccc(C)nc1.Cc1cnn(C)c1. The molecule has 3 aromatic rings. The first-order valence-corrected chi connectivity index (χ1v) is 7.74. The number of rotatable bonds is 0. The Balaban J connectivity index is 0.000000173. The molecule has 0 spiro atoms. The summed E-state index contributed by atoms with van der Waals surface area (Å²) in [4.78, 5) is 4.08. The van der Waals surface area contributed by atoms with Crippen molar-refractivity contribution >= 4 is 0 Å². The minimum atomic E-state index is 1.08. The number of aryl methyl sites for hydroxylation is 6. The van der Waals surface area contributed by atoms with Gasteiger partial charge in [0.2, 0.25) is 0 Å². The lowest BCUT2D eigenvalue weighted by atomic mass is 10.2. The van der Waals surface area contributed by atoms with E-state index < -0.39 is 0 Å². The topological polar surface area (TPSA) is 30.7 Å². The van der Waals surface area contributed by atoms with E-state index in [1.807, 2.05) is 52.5 Å². The molecule has 0 saturated heterocycles. The predicted octanol–water partition coefficient (Wildman–Crippen LogP) is 4.73. The normalized spacial score (nSPS) is 9.30. The molecular weight excluding hydrogens is 282 g/mol. The molecule has 0 radical (unpaired) electrons. The van der Waals surface area contributed by atoms with Gasteiger partial charge < -0.3 is 0 Å². The zero-order chi connectivity index (χ0) is 17.2. The van der Waals surface area contributed by atoms with Crippen LogP contribution >= 0.6 is 0 Å². The molecule has 122 valence electrons. The van der Waals surface area contributed by atoms with Crippen molar-refractivity contribution in [3.05, 3.63) is 82.9 Å². The van der Waals surface area contributed by atoms with Gasteiger partial charge in [-0.15, -0.1) is 0 Å². The first-order valence-electron chi connectivity index (χ1n) is 7.74. The largest absolute Gasteiger partial charge is 0.276 e. The molecular formula is C20H27N3. The Labute approximate surface area is 140 Å². The van der Waals surface area contributed by atoms with E-state index in [4.69, 9.17) is 0 Å². The molecule has 0 amide bonds. The van der Waals surface area contributed by atoms with Crippen molar-refractivity contribution in [3.63, 3.8) is 0 Å². The molecule has 2 heterocycles. The maximum absolute atomic E-state index is 4.08. The van der Waals surface area contributed by atoms with E-state index >= 15 is 0 Å². The van der Waals surface area contributed by atoms with Gasteiger partial charge in [-0.05, 0) is 51.8 Å². The summed E-state index contributed by atoms with van der Waals surface area (Å²) >= 11 is 0. The maximum atomic E-state index is 4.08. The molecule has 0 bridgehead atoms. The number of nitrogens with zero attached hydrogens (tertiary/aromatic N) is 3. The van der Waals surface area contributed by atoms with Crippen LogP contribution in [0.4, 0.5) is 0 Å². The lowest BCUT2D eigenvalue weighted by Gasteiger charge is -1.90. The van der Waals surface area contributed by atoms with Crippen molar-refractivity contribution in [1.82, 2.24) is 14.8 Å². The molecule has 0 aliphatic heterocycles. The fourth-order valence-electron chi connectivity index (χ4n) is 1.72. The van der Waals surface area contributed by atoms with Gasteiger partial charge in [0, 0.05) is 25.1 Å². The summed E-state index contributed by atoms with van der Waals surface area (Å²) in [5, 5.41) is 3.93. The first-order chi connectivity index (χ1) is 10.9. The van der Waals surface area contributed by atoms with Crippen molar-refractivity contribution in [2.45, 2.75) is 34.6 Å². The molecule has 0 N–H and O–H groups in total. The van der Waals surface area contributed by atoms with Crippen LogP contribution in [0.1, 0.15) is 27.9 Å². The van der Waals surface area contributed by atoms with Crippen molar-refractivity contribution in [2.24, 2.45) is 7.05 Å². The summed E-state index contributed by atoms with van der Waals surface area (Å²) in [6.45, 7) is 10.2. The third-order valence-corrected chi connectivity index (χ3v) is 3.11. The molecule has 3 rings (SSSR count). The van der Waals surface area contributed by atoms with Crippen LogP contribution < -0.4 is 0 Å². The van der Waals surface area contributed by atoms with Crippen molar-refractivity contribution in [2.75, 3.05) is 0 Å². The average molecular weight is 309 g/mol. The fraction of sp³-hybridized carbons (Fsp3) is 0.300. The number of benzene rings is 1. The van der Waals surface area contributed by atoms with E-state index in [1.165, 1.54) is 22.3 Å². The number of hydrogen-bond donors (Lipinski definition) is 0. The van der Waals surface area contributed by atoms with E-state index in [9.17, 15) is 0 Å². The minimum Gasteiger partial charge on any atom is -0.276 e. The zero-order valence-electron chi connectivity index (χ0n) is 15.0. The second-order valence-corrected chi connectivity index (χ2v) is 5.82. The smallest absolute Gasteiger partial charge is 0.0518 e. The van der Waals surface area contributed by atoms with Crippen LogP contribution in [0.25, 0.3) is 0 Å². The molecule has 3 nitrogen and oxygen atoms in total. The first kappa shape index (κ1) is 18.6. The van der Waals surface area contributed by atoms with E-state index in [0.717, 1.165) is 5.69 Å². The average Bonchev–Trinajstić information content (AvgIpc) is 2.90. The van der Waals surface area contributed by atoms with Crippen molar-refractivity contribution in [1.29, 1.82) is 0 Å². The van der Waals surface area contributed by atoms with E-state index in [-0.39, 0.29) is 0 Å². The lowest BCUT2D eigenvalue weighted by molar-refractivity contribution is 0.767. The van der Waals surface area contributed by atoms with Crippen LogP contribution in [-0.4, -0.2) is 14.8 Å². The molecule has 0 aliphatic carbocycles. The van der Waals surface area contributed by atoms with Crippen LogP contribution in [0.5, 0.6) is 0 Å². The molecule has 0 fully saturated rings. The third kappa shape index (κ3) is 8.57. The van der Waals surface area contributed by atoms with E-state index in [2.05, 4.69) is 54.3 Å². The van der Waals surface area contributed by atoms with Gasteiger partial charge in [-0.2, -0.15) is 5.10 Å². The van der Waals surface area contributed by atoms with Gasteiger partial charge in [0.15, 0.2) is 0 Å². The molecule has 3 heteroatoms. The highest BCUT2D eigenvalue weighted by Crippen LogP contribution is 1.99. The third-order valence-electron chi connectivity index (χ3n) is 3.11. The van der Waals surface area contributed by atoms with E-state index in [0.29, 0.717) is 0 Å². The van der Waals surface area contributed by atoms with Crippen LogP contribution in [-0.2, 0) is 7.05 Å². The molecule has 0 saturated carbocycles. The van der Waals surface area contributed by atoms with Gasteiger partial charge in [0.1, 0.15) is 0 Å². The van der Waals surface area contributed by atoms with E-state index in [1.54, 1.807) is 4.68 Å². The number of pyridine rings is 1. The Morgan fingerprint density at radius 1 is 0.652 bits per heavy atom. The standard InChI is InChI=1S/C8H10.C7H9N.C5H8N2/c1-7-3-5-8(2)6-4-7;1-6-3-4-7(2)8-5-6;1-5-3-6-7(2)4-5/h3-6H,1-2H3;3-5H,1-2H3;3-4H,1-2H3. The quantitative estimate of drug-likeness (QED) is 0.601. The maximum Gasteiger partial charge on any atom is 0.0518 e. The number of hydrogen-bond acceptors (Lipinski definition) is 2. The Kier molecular flexibility index (Phi) is 7.75.